The fourth-order valence-corrected chi connectivity index (χ4v) is 2.32. The van der Waals surface area contributed by atoms with Crippen molar-refractivity contribution in [1.29, 1.82) is 0 Å². The molecule has 0 unspecified atom stereocenters. The van der Waals surface area contributed by atoms with E-state index in [-0.39, 0.29) is 10.7 Å². The molecule has 142 valence electrons. The van der Waals surface area contributed by atoms with E-state index in [1.807, 2.05) is 13.0 Å². The van der Waals surface area contributed by atoms with Gasteiger partial charge in [-0.2, -0.15) is 0 Å². The normalized spacial score (nSPS) is 11.4. The summed E-state index contributed by atoms with van der Waals surface area (Å²) in [6.07, 6.45) is 0. The summed E-state index contributed by atoms with van der Waals surface area (Å²) >= 11 is 5.63. The van der Waals surface area contributed by atoms with E-state index in [4.69, 9.17) is 16.3 Å². The zero-order valence-electron chi connectivity index (χ0n) is 14.7. The van der Waals surface area contributed by atoms with Crippen LogP contribution in [0.15, 0.2) is 42.5 Å². The van der Waals surface area contributed by atoms with Gasteiger partial charge in [-0.1, -0.05) is 29.3 Å². The highest BCUT2D eigenvalue weighted by molar-refractivity contribution is 6.30. The third-order valence-corrected chi connectivity index (χ3v) is 3.77. The van der Waals surface area contributed by atoms with Crippen molar-refractivity contribution in [2.45, 2.75) is 19.9 Å². The van der Waals surface area contributed by atoms with Crippen LogP contribution in [-0.4, -0.2) is 30.4 Å². The number of halogens is 2. The number of hydrogen-bond donors (Lipinski definition) is 2. The van der Waals surface area contributed by atoms with Crippen LogP contribution in [0, 0.1) is 12.7 Å². The van der Waals surface area contributed by atoms with E-state index in [2.05, 4.69) is 10.6 Å². The largest absolute Gasteiger partial charge is 0.454 e. The fraction of sp³-hybridized carbons (Fsp3) is 0.211. The Morgan fingerprint density at radius 2 is 1.93 bits per heavy atom. The Hall–Kier alpha value is -2.93. The van der Waals surface area contributed by atoms with E-state index < -0.39 is 36.2 Å². The van der Waals surface area contributed by atoms with E-state index in [0.717, 1.165) is 11.6 Å². The lowest BCUT2D eigenvalue weighted by Crippen LogP contribution is -2.40. The highest BCUT2D eigenvalue weighted by atomic mass is 35.5. The topological polar surface area (TPSA) is 84.5 Å². The maximum atomic E-state index is 13.6. The second-order valence-electron chi connectivity index (χ2n) is 5.84. The predicted octanol–water partition coefficient (Wildman–Crippen LogP) is 3.09. The lowest BCUT2D eigenvalue weighted by molar-refractivity contribution is -0.148. The number of amides is 2. The summed E-state index contributed by atoms with van der Waals surface area (Å²) in [5, 5.41) is 4.95. The van der Waals surface area contributed by atoms with Gasteiger partial charge in [-0.15, -0.1) is 0 Å². The van der Waals surface area contributed by atoms with Crippen molar-refractivity contribution in [2.24, 2.45) is 0 Å². The molecule has 8 heteroatoms. The molecular formula is C19H18ClFN2O4. The van der Waals surface area contributed by atoms with Crippen LogP contribution in [0.4, 0.5) is 10.1 Å². The molecule has 0 heterocycles. The van der Waals surface area contributed by atoms with Crippen LogP contribution < -0.4 is 10.6 Å². The lowest BCUT2D eigenvalue weighted by atomic mass is 10.1. The second kappa shape index (κ2) is 9.14. The molecule has 6 nitrogen and oxygen atoms in total. The van der Waals surface area contributed by atoms with Gasteiger partial charge in [0.1, 0.15) is 11.9 Å². The minimum absolute atomic E-state index is 0.0822. The molecule has 0 radical (unpaired) electrons. The van der Waals surface area contributed by atoms with E-state index >= 15 is 0 Å². The number of carbonyl (C=O) groups is 3. The van der Waals surface area contributed by atoms with Gasteiger partial charge in [0.05, 0.1) is 5.69 Å². The first kappa shape index (κ1) is 20.4. The van der Waals surface area contributed by atoms with Crippen LogP contribution in [0.25, 0.3) is 0 Å². The van der Waals surface area contributed by atoms with Crippen molar-refractivity contribution in [2.75, 3.05) is 11.9 Å². The number of ether oxygens (including phenoxy) is 1. The maximum absolute atomic E-state index is 13.6. The molecule has 27 heavy (non-hydrogen) atoms. The third kappa shape index (κ3) is 6.07. The van der Waals surface area contributed by atoms with E-state index in [1.165, 1.54) is 19.1 Å². The fourth-order valence-electron chi connectivity index (χ4n) is 2.16. The van der Waals surface area contributed by atoms with Crippen LogP contribution in [0.3, 0.4) is 0 Å². The van der Waals surface area contributed by atoms with Crippen molar-refractivity contribution in [3.8, 4) is 0 Å². The zero-order valence-corrected chi connectivity index (χ0v) is 15.5. The van der Waals surface area contributed by atoms with Gasteiger partial charge in [0.15, 0.2) is 6.61 Å². The summed E-state index contributed by atoms with van der Waals surface area (Å²) in [5.41, 5.74) is 1.23. The minimum atomic E-state index is -0.960. The van der Waals surface area contributed by atoms with Crippen molar-refractivity contribution >= 4 is 35.1 Å². The van der Waals surface area contributed by atoms with Crippen LogP contribution in [0.1, 0.15) is 22.8 Å². The number of benzene rings is 2. The van der Waals surface area contributed by atoms with Crippen LogP contribution in [0.5, 0.6) is 0 Å². The number of hydrogen-bond acceptors (Lipinski definition) is 4. The van der Waals surface area contributed by atoms with Crippen molar-refractivity contribution in [1.82, 2.24) is 5.32 Å². The number of anilines is 1. The molecule has 0 aliphatic carbocycles. The zero-order chi connectivity index (χ0) is 20.0. The first-order valence-corrected chi connectivity index (χ1v) is 8.43. The summed E-state index contributed by atoms with van der Waals surface area (Å²) in [6.45, 7) is 2.66. The summed E-state index contributed by atoms with van der Waals surface area (Å²) in [6, 6.07) is 9.67. The SMILES string of the molecule is Cc1cccc(C(=O)N[C@@H](C)C(=O)OCC(=O)Nc2ccc(Cl)cc2F)c1. The van der Waals surface area contributed by atoms with Gasteiger partial charge in [-0.3, -0.25) is 9.59 Å². The van der Waals surface area contributed by atoms with Gasteiger partial charge in [-0.25, -0.2) is 9.18 Å². The highest BCUT2D eigenvalue weighted by Crippen LogP contribution is 2.18. The highest BCUT2D eigenvalue weighted by Gasteiger charge is 2.19. The molecule has 2 aromatic rings. The quantitative estimate of drug-likeness (QED) is 0.740. The van der Waals surface area contributed by atoms with E-state index in [1.54, 1.807) is 18.2 Å². The lowest BCUT2D eigenvalue weighted by Gasteiger charge is -2.14. The number of esters is 1. The average molecular weight is 393 g/mol. The van der Waals surface area contributed by atoms with Gasteiger partial charge in [-0.05, 0) is 44.2 Å². The first-order chi connectivity index (χ1) is 12.8. The van der Waals surface area contributed by atoms with Gasteiger partial charge in [0.2, 0.25) is 0 Å². The number of rotatable bonds is 6. The summed E-state index contributed by atoms with van der Waals surface area (Å²) < 4.78 is 18.5. The first-order valence-electron chi connectivity index (χ1n) is 8.05. The molecule has 1 atom stereocenters. The molecule has 2 rings (SSSR count). The van der Waals surface area contributed by atoms with E-state index in [9.17, 15) is 18.8 Å². The Bertz CT molecular complexity index is 873. The van der Waals surface area contributed by atoms with E-state index in [0.29, 0.717) is 5.56 Å². The van der Waals surface area contributed by atoms with Crippen molar-refractivity contribution in [3.63, 3.8) is 0 Å². The Morgan fingerprint density at radius 3 is 2.59 bits per heavy atom. The van der Waals surface area contributed by atoms with Gasteiger partial charge >= 0.3 is 5.97 Å². The second-order valence-corrected chi connectivity index (χ2v) is 6.28. The Morgan fingerprint density at radius 1 is 1.19 bits per heavy atom. The number of aryl methyl sites for hydroxylation is 1. The summed E-state index contributed by atoms with van der Waals surface area (Å²) in [5.74, 6) is -2.65. The Balaban J connectivity index is 1.83. The molecule has 0 aliphatic rings. The van der Waals surface area contributed by atoms with Crippen LogP contribution in [0.2, 0.25) is 5.02 Å². The molecule has 0 spiro atoms. The molecule has 0 saturated heterocycles. The van der Waals surface area contributed by atoms with Crippen LogP contribution >= 0.6 is 11.6 Å². The monoisotopic (exact) mass is 392 g/mol. The Labute approximate surface area is 160 Å². The smallest absolute Gasteiger partial charge is 0.328 e. The molecule has 2 N–H and O–H groups in total. The summed E-state index contributed by atoms with van der Waals surface area (Å²) in [7, 11) is 0. The van der Waals surface area contributed by atoms with Crippen LogP contribution in [-0.2, 0) is 14.3 Å². The molecule has 2 aromatic carbocycles. The predicted molar refractivity (Wildman–Crippen MR) is 99.1 cm³/mol. The number of nitrogens with one attached hydrogen (secondary N) is 2. The molecule has 0 saturated carbocycles. The molecule has 2 amide bonds. The Kier molecular flexibility index (Phi) is 6.90. The molecule has 0 aliphatic heterocycles. The number of carbonyl (C=O) groups excluding carboxylic acids is 3. The molecular weight excluding hydrogens is 375 g/mol. The minimum Gasteiger partial charge on any atom is -0.454 e. The standard InChI is InChI=1S/C19H18ClFN2O4/c1-11-4-3-5-13(8-11)18(25)22-12(2)19(26)27-10-17(24)23-16-7-6-14(20)9-15(16)21/h3-9,12H,10H2,1-2H3,(H,22,25)(H,23,24)/t12-/m0/s1. The average Bonchev–Trinajstić information content (AvgIpc) is 2.62. The maximum Gasteiger partial charge on any atom is 0.328 e. The molecule has 0 aromatic heterocycles. The van der Waals surface area contributed by atoms with Crippen molar-refractivity contribution < 1.29 is 23.5 Å². The van der Waals surface area contributed by atoms with Gasteiger partial charge in [0.25, 0.3) is 11.8 Å². The molecule has 0 bridgehead atoms. The third-order valence-electron chi connectivity index (χ3n) is 3.53. The summed E-state index contributed by atoms with van der Waals surface area (Å²) in [4.78, 5) is 35.8. The van der Waals surface area contributed by atoms with Gasteiger partial charge < -0.3 is 15.4 Å². The van der Waals surface area contributed by atoms with Gasteiger partial charge in [0, 0.05) is 10.6 Å². The molecule has 0 fully saturated rings. The van der Waals surface area contributed by atoms with Crippen molar-refractivity contribution in [3.05, 3.63) is 64.4 Å².